The van der Waals surface area contributed by atoms with Gasteiger partial charge in [0, 0.05) is 12.1 Å². The normalized spacial score (nSPS) is 15.4. The van der Waals surface area contributed by atoms with E-state index in [1.807, 2.05) is 0 Å². The average molecular weight is 381 g/mol. The molecule has 0 spiro atoms. The minimum absolute atomic E-state index is 0.0371. The number of rotatable bonds is 7. The van der Waals surface area contributed by atoms with E-state index in [0.29, 0.717) is 12.2 Å². The van der Waals surface area contributed by atoms with Gasteiger partial charge in [-0.2, -0.15) is 0 Å². The Hall–Kier alpha value is -1.86. The Morgan fingerprint density at radius 2 is 1.96 bits per heavy atom. The van der Waals surface area contributed by atoms with Crippen molar-refractivity contribution in [3.8, 4) is 0 Å². The number of benzene rings is 1. The fourth-order valence-corrected chi connectivity index (χ4v) is 4.60. The second-order valence-corrected chi connectivity index (χ2v) is 9.31. The first-order valence-electron chi connectivity index (χ1n) is 8.91. The zero-order valence-corrected chi connectivity index (χ0v) is 16.4. The summed E-state index contributed by atoms with van der Waals surface area (Å²) in [7, 11) is -3.85. The molecule has 1 aliphatic rings. The minimum Gasteiger partial charge on any atom is -0.478 e. The molecule has 0 saturated carbocycles. The molecule has 6 nitrogen and oxygen atoms in total. The molecule has 1 aromatic rings. The predicted molar refractivity (Wildman–Crippen MR) is 103 cm³/mol. The number of carboxylic acids is 1. The first kappa shape index (κ1) is 20.5. The summed E-state index contributed by atoms with van der Waals surface area (Å²) in [6, 6.07) is 4.15. The van der Waals surface area contributed by atoms with Gasteiger partial charge in [-0.1, -0.05) is 11.6 Å². The molecule has 144 valence electrons. The quantitative estimate of drug-likeness (QED) is 0.626. The monoisotopic (exact) mass is 380 g/mol. The summed E-state index contributed by atoms with van der Waals surface area (Å²) in [6.07, 6.45) is 7.75. The second-order valence-electron chi connectivity index (χ2n) is 7.66. The molecule has 7 heteroatoms. The minimum atomic E-state index is -3.85. The van der Waals surface area contributed by atoms with Crippen molar-refractivity contribution < 1.29 is 18.3 Å². The molecule has 1 aromatic carbocycles. The zero-order chi connectivity index (χ0) is 19.4. The summed E-state index contributed by atoms with van der Waals surface area (Å²) < 4.78 is 28.1. The topological polar surface area (TPSA) is 95.5 Å². The highest BCUT2D eigenvalue weighted by Crippen LogP contribution is 2.25. The summed E-state index contributed by atoms with van der Waals surface area (Å²) in [5.74, 6) is -1.16. The number of sulfonamides is 1. The van der Waals surface area contributed by atoms with Gasteiger partial charge in [-0.15, -0.1) is 0 Å². The van der Waals surface area contributed by atoms with E-state index in [1.165, 1.54) is 36.6 Å². The summed E-state index contributed by atoms with van der Waals surface area (Å²) in [6.45, 7) is 5.84. The van der Waals surface area contributed by atoms with Crippen LogP contribution in [0.15, 0.2) is 34.7 Å². The van der Waals surface area contributed by atoms with Crippen molar-refractivity contribution >= 4 is 21.7 Å². The third-order valence-electron chi connectivity index (χ3n) is 4.11. The molecule has 0 saturated heterocycles. The van der Waals surface area contributed by atoms with Crippen molar-refractivity contribution in [2.45, 2.75) is 63.3 Å². The van der Waals surface area contributed by atoms with E-state index in [2.05, 4.69) is 16.1 Å². The molecule has 0 heterocycles. The molecule has 0 aliphatic heterocycles. The van der Waals surface area contributed by atoms with E-state index in [4.69, 9.17) is 0 Å². The molecular weight excluding hydrogens is 352 g/mol. The molecule has 1 aliphatic carbocycles. The number of hydrogen-bond acceptors (Lipinski definition) is 4. The molecule has 0 aromatic heterocycles. The largest absolute Gasteiger partial charge is 0.478 e. The van der Waals surface area contributed by atoms with Crippen LogP contribution in [0.2, 0.25) is 0 Å². The van der Waals surface area contributed by atoms with Crippen LogP contribution in [0.1, 0.15) is 63.2 Å². The van der Waals surface area contributed by atoms with Crippen molar-refractivity contribution in [2.75, 3.05) is 11.9 Å². The number of allylic oxidation sites excluding steroid dienone is 1. The van der Waals surface area contributed by atoms with Crippen molar-refractivity contribution in [1.29, 1.82) is 0 Å². The lowest BCUT2D eigenvalue weighted by atomic mass is 9.97. The SMILES string of the molecule is CC(C)(C)NS(=O)(=O)c1cc(C(=O)O)ccc1NCCC1=CCCCC1. The number of carboxylic acid groups (broad SMARTS) is 1. The van der Waals surface area contributed by atoms with Gasteiger partial charge in [0.15, 0.2) is 0 Å². The maximum absolute atomic E-state index is 12.8. The van der Waals surface area contributed by atoms with E-state index in [9.17, 15) is 18.3 Å². The maximum Gasteiger partial charge on any atom is 0.335 e. The molecular formula is C19H28N2O4S. The summed E-state index contributed by atoms with van der Waals surface area (Å²) >= 11 is 0. The standard InChI is InChI=1S/C19H28N2O4S/c1-19(2,3)21-26(24,25)17-13-15(18(22)23)9-10-16(17)20-12-11-14-7-5-4-6-8-14/h7,9-10,13,20-21H,4-6,8,11-12H2,1-3H3,(H,22,23). The van der Waals surface area contributed by atoms with Crippen molar-refractivity contribution in [1.82, 2.24) is 4.72 Å². The van der Waals surface area contributed by atoms with E-state index < -0.39 is 21.5 Å². The van der Waals surface area contributed by atoms with E-state index >= 15 is 0 Å². The van der Waals surface area contributed by atoms with Gasteiger partial charge in [0.1, 0.15) is 4.90 Å². The van der Waals surface area contributed by atoms with Gasteiger partial charge in [0.25, 0.3) is 0 Å². The molecule has 2 rings (SSSR count). The Morgan fingerprint density at radius 1 is 1.23 bits per heavy atom. The Kier molecular flexibility index (Phi) is 6.47. The highest BCUT2D eigenvalue weighted by molar-refractivity contribution is 7.89. The highest BCUT2D eigenvalue weighted by Gasteiger charge is 2.25. The third kappa shape index (κ3) is 5.85. The Morgan fingerprint density at radius 3 is 2.54 bits per heavy atom. The lowest BCUT2D eigenvalue weighted by Crippen LogP contribution is -2.40. The van der Waals surface area contributed by atoms with Crippen LogP contribution in [-0.4, -0.2) is 31.6 Å². The fraction of sp³-hybridized carbons (Fsp3) is 0.526. The van der Waals surface area contributed by atoms with Crippen molar-refractivity contribution in [3.05, 3.63) is 35.4 Å². The van der Waals surface area contributed by atoms with Crippen molar-refractivity contribution in [3.63, 3.8) is 0 Å². The first-order chi connectivity index (χ1) is 12.1. The van der Waals surface area contributed by atoms with Crippen LogP contribution >= 0.6 is 0 Å². The van der Waals surface area contributed by atoms with Gasteiger partial charge < -0.3 is 10.4 Å². The van der Waals surface area contributed by atoms with Gasteiger partial charge in [-0.3, -0.25) is 0 Å². The maximum atomic E-state index is 12.8. The smallest absolute Gasteiger partial charge is 0.335 e. The summed E-state index contributed by atoms with van der Waals surface area (Å²) in [5.41, 5.74) is 1.09. The molecule has 26 heavy (non-hydrogen) atoms. The lowest BCUT2D eigenvalue weighted by Gasteiger charge is -2.22. The van der Waals surface area contributed by atoms with Gasteiger partial charge >= 0.3 is 5.97 Å². The number of carbonyl (C=O) groups is 1. The van der Waals surface area contributed by atoms with Crippen LogP contribution in [0.3, 0.4) is 0 Å². The fourth-order valence-electron chi connectivity index (χ4n) is 2.97. The van der Waals surface area contributed by atoms with E-state index in [-0.39, 0.29) is 10.5 Å². The van der Waals surface area contributed by atoms with Crippen LogP contribution in [0.5, 0.6) is 0 Å². The zero-order valence-electron chi connectivity index (χ0n) is 15.6. The van der Waals surface area contributed by atoms with Gasteiger partial charge in [-0.05, 0) is 71.1 Å². The number of anilines is 1. The molecule has 0 unspecified atom stereocenters. The van der Waals surface area contributed by atoms with Crippen molar-refractivity contribution in [2.24, 2.45) is 0 Å². The summed E-state index contributed by atoms with van der Waals surface area (Å²) in [4.78, 5) is 11.2. The van der Waals surface area contributed by atoms with E-state index in [0.717, 1.165) is 19.3 Å². The predicted octanol–water partition coefficient (Wildman–Crippen LogP) is 3.76. The average Bonchev–Trinajstić information content (AvgIpc) is 2.53. The molecule has 0 radical (unpaired) electrons. The highest BCUT2D eigenvalue weighted by atomic mass is 32.2. The van der Waals surface area contributed by atoms with Gasteiger partial charge in [-0.25, -0.2) is 17.9 Å². The number of aromatic carboxylic acids is 1. The van der Waals surface area contributed by atoms with Crippen LogP contribution in [0, 0.1) is 0 Å². The number of nitrogens with one attached hydrogen (secondary N) is 2. The Labute approximate surface area is 155 Å². The van der Waals surface area contributed by atoms with Crippen LogP contribution in [-0.2, 0) is 10.0 Å². The lowest BCUT2D eigenvalue weighted by molar-refractivity contribution is 0.0696. The molecule has 3 N–H and O–H groups in total. The molecule has 0 amide bonds. The molecule has 0 atom stereocenters. The molecule has 0 bridgehead atoms. The van der Waals surface area contributed by atoms with Gasteiger partial charge in [0.05, 0.1) is 11.3 Å². The van der Waals surface area contributed by atoms with Crippen LogP contribution < -0.4 is 10.0 Å². The van der Waals surface area contributed by atoms with Gasteiger partial charge in [0.2, 0.25) is 10.0 Å². The second kappa shape index (κ2) is 8.22. The Bertz CT molecular complexity index is 792. The van der Waals surface area contributed by atoms with Crippen LogP contribution in [0.25, 0.3) is 0 Å². The van der Waals surface area contributed by atoms with E-state index in [1.54, 1.807) is 20.8 Å². The Balaban J connectivity index is 2.24. The number of hydrogen-bond donors (Lipinski definition) is 3. The summed E-state index contributed by atoms with van der Waals surface area (Å²) in [5, 5.41) is 12.4. The first-order valence-corrected chi connectivity index (χ1v) is 10.4. The molecule has 0 fully saturated rings. The van der Waals surface area contributed by atoms with Crippen LogP contribution in [0.4, 0.5) is 5.69 Å². The third-order valence-corrected chi connectivity index (χ3v) is 5.90.